The fraction of sp³-hybridized carbons (Fsp3) is 0.929. The van der Waals surface area contributed by atoms with Gasteiger partial charge in [-0.25, -0.2) is 0 Å². The Morgan fingerprint density at radius 3 is 2.32 bits per heavy atom. The summed E-state index contributed by atoms with van der Waals surface area (Å²) in [4.78, 5) is 22.0. The Bertz CT molecular complexity index is 338. The minimum Gasteiger partial charge on any atom is -0.353 e. The van der Waals surface area contributed by atoms with Gasteiger partial charge in [-0.3, -0.25) is 14.9 Å². The minimum atomic E-state index is -0.334. The van der Waals surface area contributed by atoms with E-state index < -0.39 is 0 Å². The Hall–Kier alpha value is -1.13. The largest absolute Gasteiger partial charge is 0.353 e. The van der Waals surface area contributed by atoms with E-state index in [-0.39, 0.29) is 16.9 Å². The smallest absolute Gasteiger partial charge is 0.217 e. The first-order valence-electron chi connectivity index (χ1n) is 7.48. The summed E-state index contributed by atoms with van der Waals surface area (Å²) in [6.07, 6.45) is 7.97. The zero-order valence-electron chi connectivity index (χ0n) is 11.6. The Kier molecular flexibility index (Phi) is 4.77. The van der Waals surface area contributed by atoms with Crippen molar-refractivity contribution >= 4 is 5.91 Å². The quantitative estimate of drug-likeness (QED) is 0.631. The lowest BCUT2D eigenvalue weighted by Gasteiger charge is -2.39. The van der Waals surface area contributed by atoms with Crippen LogP contribution < -0.4 is 5.32 Å². The van der Waals surface area contributed by atoms with Gasteiger partial charge in [0, 0.05) is 30.7 Å². The van der Waals surface area contributed by atoms with Gasteiger partial charge in [-0.15, -0.1) is 0 Å². The predicted octanol–water partition coefficient (Wildman–Crippen LogP) is 2.52. The lowest BCUT2D eigenvalue weighted by atomic mass is 9.70. The number of hydrogen-bond acceptors (Lipinski definition) is 3. The van der Waals surface area contributed by atoms with Crippen LogP contribution in [0.15, 0.2) is 0 Å². The summed E-state index contributed by atoms with van der Waals surface area (Å²) >= 11 is 0. The molecule has 5 nitrogen and oxygen atoms in total. The van der Waals surface area contributed by atoms with Gasteiger partial charge in [0.1, 0.15) is 0 Å². The maximum atomic E-state index is 11.3. The molecule has 2 rings (SSSR count). The van der Waals surface area contributed by atoms with Crippen molar-refractivity contribution in [2.24, 2.45) is 11.8 Å². The monoisotopic (exact) mass is 268 g/mol. The second-order valence-electron chi connectivity index (χ2n) is 6.11. The molecule has 1 amide bonds. The molecule has 1 N–H and O–H groups in total. The van der Waals surface area contributed by atoms with Crippen LogP contribution in [0.2, 0.25) is 0 Å². The predicted molar refractivity (Wildman–Crippen MR) is 72.3 cm³/mol. The van der Waals surface area contributed by atoms with Gasteiger partial charge in [0.15, 0.2) is 0 Å². The van der Waals surface area contributed by atoms with Crippen molar-refractivity contribution in [3.8, 4) is 0 Å². The number of nitrogens with one attached hydrogen (secondary N) is 1. The van der Waals surface area contributed by atoms with Gasteiger partial charge < -0.3 is 5.32 Å². The lowest BCUT2D eigenvalue weighted by molar-refractivity contribution is -0.527. The van der Waals surface area contributed by atoms with Crippen LogP contribution in [0.3, 0.4) is 0 Å². The molecular formula is C14H24N2O3. The molecule has 2 aliphatic rings. The third kappa shape index (κ3) is 3.67. The molecule has 0 bridgehead atoms. The molecule has 0 aliphatic heterocycles. The molecule has 2 atom stereocenters. The summed E-state index contributed by atoms with van der Waals surface area (Å²) in [6, 6.07) is -0.0394. The minimum absolute atomic E-state index is 0.0517. The lowest BCUT2D eigenvalue weighted by Crippen LogP contribution is -2.45. The highest BCUT2D eigenvalue weighted by molar-refractivity contribution is 5.73. The number of carbonyl (C=O) groups is 1. The molecule has 0 aromatic rings. The summed E-state index contributed by atoms with van der Waals surface area (Å²) < 4.78 is 0. The highest BCUT2D eigenvalue weighted by Gasteiger charge is 2.37. The molecular weight excluding hydrogens is 244 g/mol. The van der Waals surface area contributed by atoms with Crippen LogP contribution in [0.25, 0.3) is 0 Å². The third-order valence-electron chi connectivity index (χ3n) is 4.85. The van der Waals surface area contributed by atoms with Gasteiger partial charge in [-0.1, -0.05) is 12.8 Å². The topological polar surface area (TPSA) is 72.2 Å². The van der Waals surface area contributed by atoms with Crippen LogP contribution in [0.1, 0.15) is 58.3 Å². The molecule has 0 aromatic carbocycles. The Balaban J connectivity index is 1.92. The second kappa shape index (κ2) is 6.35. The highest BCUT2D eigenvalue weighted by Crippen LogP contribution is 2.39. The van der Waals surface area contributed by atoms with E-state index in [0.29, 0.717) is 30.7 Å². The third-order valence-corrected chi connectivity index (χ3v) is 4.85. The van der Waals surface area contributed by atoms with Crippen LogP contribution in [0.4, 0.5) is 0 Å². The zero-order valence-corrected chi connectivity index (χ0v) is 11.6. The van der Waals surface area contributed by atoms with Crippen molar-refractivity contribution in [1.29, 1.82) is 0 Å². The van der Waals surface area contributed by atoms with Crippen molar-refractivity contribution < 1.29 is 9.72 Å². The number of amides is 1. The van der Waals surface area contributed by atoms with Crippen molar-refractivity contribution in [3.63, 3.8) is 0 Å². The molecule has 0 aromatic heterocycles. The van der Waals surface area contributed by atoms with Crippen molar-refractivity contribution in [2.75, 3.05) is 0 Å². The Morgan fingerprint density at radius 2 is 1.74 bits per heavy atom. The molecule has 0 heterocycles. The number of rotatable bonds is 3. The van der Waals surface area contributed by atoms with Crippen LogP contribution in [-0.2, 0) is 4.79 Å². The second-order valence-corrected chi connectivity index (χ2v) is 6.11. The standard InChI is InChI=1S/C14H24N2O3/c1-10(17)15-14-5-3-2-4-13(14)11-6-8-12(9-7-11)16(18)19/h11-14H,2-9H2,1H3,(H,15,17)/t11?,12?,13-,14-/m0/s1. The average molecular weight is 268 g/mol. The van der Waals surface area contributed by atoms with E-state index in [2.05, 4.69) is 5.32 Å². The summed E-state index contributed by atoms with van der Waals surface area (Å²) in [5.41, 5.74) is 0. The van der Waals surface area contributed by atoms with Crippen molar-refractivity contribution in [1.82, 2.24) is 5.32 Å². The molecule has 2 saturated carbocycles. The molecule has 108 valence electrons. The maximum Gasteiger partial charge on any atom is 0.217 e. The number of nitrogens with zero attached hydrogens (tertiary/aromatic N) is 1. The molecule has 19 heavy (non-hydrogen) atoms. The molecule has 2 aliphatic carbocycles. The van der Waals surface area contributed by atoms with Crippen LogP contribution in [0.5, 0.6) is 0 Å². The molecule has 0 spiro atoms. The first-order valence-corrected chi connectivity index (χ1v) is 7.48. The van der Waals surface area contributed by atoms with Crippen molar-refractivity contribution in [2.45, 2.75) is 70.4 Å². The van der Waals surface area contributed by atoms with Crippen LogP contribution in [0, 0.1) is 22.0 Å². The summed E-state index contributed by atoms with van der Waals surface area (Å²) in [5.74, 6) is 1.15. The van der Waals surface area contributed by atoms with E-state index >= 15 is 0 Å². The summed E-state index contributed by atoms with van der Waals surface area (Å²) in [7, 11) is 0. The average Bonchev–Trinajstić information content (AvgIpc) is 2.39. The molecule has 2 fully saturated rings. The number of nitro groups is 1. The van der Waals surface area contributed by atoms with E-state index in [9.17, 15) is 14.9 Å². The summed E-state index contributed by atoms with van der Waals surface area (Å²) in [5, 5.41) is 13.9. The molecule has 0 unspecified atom stereocenters. The maximum absolute atomic E-state index is 11.3. The van der Waals surface area contributed by atoms with Crippen molar-refractivity contribution in [3.05, 3.63) is 10.1 Å². The fourth-order valence-corrected chi connectivity index (χ4v) is 3.90. The first kappa shape index (κ1) is 14.3. The molecule has 0 saturated heterocycles. The van der Waals surface area contributed by atoms with E-state index in [1.165, 1.54) is 19.3 Å². The van der Waals surface area contributed by atoms with Gasteiger partial charge in [0.05, 0.1) is 0 Å². The Labute approximate surface area is 114 Å². The number of carbonyl (C=O) groups excluding carboxylic acids is 1. The van der Waals surface area contributed by atoms with Gasteiger partial charge in [-0.2, -0.15) is 0 Å². The molecule has 5 heteroatoms. The summed E-state index contributed by atoms with van der Waals surface area (Å²) in [6.45, 7) is 1.58. The van der Waals surface area contributed by atoms with Gasteiger partial charge in [0.25, 0.3) is 0 Å². The van der Waals surface area contributed by atoms with Crippen LogP contribution in [-0.4, -0.2) is 22.9 Å². The zero-order chi connectivity index (χ0) is 13.8. The Morgan fingerprint density at radius 1 is 1.11 bits per heavy atom. The van der Waals surface area contributed by atoms with E-state index in [0.717, 1.165) is 19.3 Å². The van der Waals surface area contributed by atoms with E-state index in [1.54, 1.807) is 6.92 Å². The fourth-order valence-electron chi connectivity index (χ4n) is 3.90. The first-order chi connectivity index (χ1) is 9.08. The van der Waals surface area contributed by atoms with Crippen LogP contribution >= 0.6 is 0 Å². The van der Waals surface area contributed by atoms with E-state index in [1.807, 2.05) is 0 Å². The number of hydrogen-bond donors (Lipinski definition) is 1. The SMILES string of the molecule is CC(=O)N[C@H]1CCCC[C@H]1C1CCC([N+](=O)[O-])CC1. The van der Waals surface area contributed by atoms with Gasteiger partial charge in [-0.05, 0) is 37.5 Å². The van der Waals surface area contributed by atoms with Gasteiger partial charge >= 0.3 is 0 Å². The van der Waals surface area contributed by atoms with Gasteiger partial charge in [0.2, 0.25) is 11.9 Å². The van der Waals surface area contributed by atoms with E-state index in [4.69, 9.17) is 0 Å². The molecule has 0 radical (unpaired) electrons. The normalized spacial score (nSPS) is 35.6. The highest BCUT2D eigenvalue weighted by atomic mass is 16.6.